The van der Waals surface area contributed by atoms with Crippen molar-refractivity contribution in [1.82, 2.24) is 4.98 Å². The van der Waals surface area contributed by atoms with Crippen LogP contribution in [0.1, 0.15) is 34.9 Å². The molecular weight excluding hydrogens is 583 g/mol. The van der Waals surface area contributed by atoms with E-state index in [1.807, 2.05) is 67.6 Å². The average Bonchev–Trinajstić information content (AvgIpc) is 3.65. The minimum Gasteiger partial charge on any atom is -0.494 e. The number of aromatic nitrogens is 1. The molecule has 1 aliphatic heterocycles. The number of hydrogen-bond acceptors (Lipinski definition) is 8. The number of rotatable bonds is 7. The van der Waals surface area contributed by atoms with Gasteiger partial charge in [-0.15, -0.1) is 11.3 Å². The van der Waals surface area contributed by atoms with Crippen molar-refractivity contribution in [2.75, 3.05) is 11.5 Å². The first-order valence-corrected chi connectivity index (χ1v) is 16.0. The van der Waals surface area contributed by atoms with E-state index in [2.05, 4.69) is 33.8 Å². The van der Waals surface area contributed by atoms with Crippen LogP contribution in [0, 0.1) is 27.7 Å². The molecule has 6 rings (SSSR count). The molecule has 0 atom stereocenters. The highest BCUT2D eigenvalue weighted by molar-refractivity contribution is 8.19. The van der Waals surface area contributed by atoms with Gasteiger partial charge >= 0.3 is 0 Å². The minimum atomic E-state index is -0.132. The lowest BCUT2D eigenvalue weighted by atomic mass is 10.1. The number of fused-ring (bicyclic) bond motifs is 1. The van der Waals surface area contributed by atoms with Crippen molar-refractivity contribution in [3.63, 3.8) is 0 Å². The predicted molar refractivity (Wildman–Crippen MR) is 176 cm³/mol. The lowest BCUT2D eigenvalue weighted by molar-refractivity contribution is -0.113. The first kappa shape index (κ1) is 28.3. The van der Waals surface area contributed by atoms with Gasteiger partial charge in [0.15, 0.2) is 14.6 Å². The van der Waals surface area contributed by atoms with Crippen molar-refractivity contribution in [3.05, 3.63) is 99.6 Å². The van der Waals surface area contributed by atoms with E-state index in [0.717, 1.165) is 42.8 Å². The summed E-state index contributed by atoms with van der Waals surface area (Å²) in [6.07, 6.45) is 1.79. The molecule has 0 spiro atoms. The summed E-state index contributed by atoms with van der Waals surface area (Å²) in [6.45, 7) is 10.9. The molecule has 0 saturated carbocycles. The van der Waals surface area contributed by atoms with Crippen LogP contribution in [0.15, 0.2) is 90.5 Å². The number of carbonyl (C=O) groups excluding carboxylic acids is 1. The molecule has 3 aromatic carbocycles. The fourth-order valence-corrected chi connectivity index (χ4v) is 7.39. The van der Waals surface area contributed by atoms with Crippen molar-refractivity contribution in [3.8, 4) is 5.75 Å². The number of amides is 1. The molecule has 1 saturated heterocycles. The molecule has 9 heteroatoms. The van der Waals surface area contributed by atoms with Crippen LogP contribution in [0.5, 0.6) is 5.75 Å². The Kier molecular flexibility index (Phi) is 7.98. The summed E-state index contributed by atoms with van der Waals surface area (Å²) in [5, 5.41) is 1.32. The first-order valence-electron chi connectivity index (χ1n) is 13.6. The molecule has 0 radical (unpaired) electrons. The van der Waals surface area contributed by atoms with Gasteiger partial charge in [0, 0.05) is 6.08 Å². The number of anilines is 1. The van der Waals surface area contributed by atoms with E-state index in [1.54, 1.807) is 22.3 Å². The predicted octanol–water partition coefficient (Wildman–Crippen LogP) is 9.48. The van der Waals surface area contributed by atoms with Gasteiger partial charge in [-0.3, -0.25) is 9.69 Å². The van der Waals surface area contributed by atoms with Crippen LogP contribution in [0.25, 0.3) is 16.3 Å². The second-order valence-corrected chi connectivity index (χ2v) is 13.3. The van der Waals surface area contributed by atoms with Crippen LogP contribution >= 0.6 is 34.9 Å². The molecule has 212 valence electrons. The molecule has 3 heterocycles. The first-order chi connectivity index (χ1) is 20.3. The summed E-state index contributed by atoms with van der Waals surface area (Å²) in [7, 11) is 0. The third-order valence-corrected chi connectivity index (χ3v) is 9.95. The molecule has 6 nitrogen and oxygen atoms in total. The Morgan fingerprint density at radius 1 is 0.952 bits per heavy atom. The maximum Gasteiger partial charge on any atom is 0.271 e. The number of carbonyl (C=O) groups is 1. The van der Waals surface area contributed by atoms with Crippen molar-refractivity contribution in [2.24, 2.45) is 4.99 Å². The molecule has 2 aromatic heterocycles. The van der Waals surface area contributed by atoms with Crippen LogP contribution in [0.2, 0.25) is 0 Å². The van der Waals surface area contributed by atoms with E-state index in [4.69, 9.17) is 19.1 Å². The number of benzene rings is 3. The Labute approximate surface area is 257 Å². The number of thiazole rings is 1. The zero-order valence-corrected chi connectivity index (χ0v) is 26.4. The number of ether oxygens (including phenoxy) is 1. The number of nitrogens with zero attached hydrogens (tertiary/aromatic N) is 3. The van der Waals surface area contributed by atoms with Gasteiger partial charge in [-0.05, 0) is 135 Å². The van der Waals surface area contributed by atoms with E-state index in [9.17, 15) is 4.79 Å². The van der Waals surface area contributed by atoms with Gasteiger partial charge in [-0.2, -0.15) is 0 Å². The highest BCUT2D eigenvalue weighted by atomic mass is 32.2. The average molecular weight is 612 g/mol. The van der Waals surface area contributed by atoms with Crippen molar-refractivity contribution in [2.45, 2.75) is 44.1 Å². The van der Waals surface area contributed by atoms with Crippen LogP contribution in [0.3, 0.4) is 0 Å². The van der Waals surface area contributed by atoms with Gasteiger partial charge in [-0.25, -0.2) is 9.98 Å². The number of thioether (sulfide) groups is 1. The van der Waals surface area contributed by atoms with Crippen LogP contribution < -0.4 is 9.64 Å². The SMILES string of the molecule is CCOc1ccc2nc(Sc3ccc(/C=C4\SC(=Nc5ccc(C)c(C)c5)N(c5ccc(C)c(C)c5)C4=O)o3)sc2c1. The molecular formula is C33H29N3O3S3. The molecule has 0 aliphatic carbocycles. The fourth-order valence-electron chi connectivity index (χ4n) is 4.41. The number of aliphatic imine (C=N–C) groups is 1. The summed E-state index contributed by atoms with van der Waals surface area (Å²) in [4.78, 5) is 25.7. The Hall–Kier alpha value is -3.79. The zero-order chi connectivity index (χ0) is 29.4. The van der Waals surface area contributed by atoms with Gasteiger partial charge in [0.1, 0.15) is 11.5 Å². The fraction of sp³-hybridized carbons (Fsp3) is 0.182. The normalized spacial score (nSPS) is 15.5. The monoisotopic (exact) mass is 611 g/mol. The minimum absolute atomic E-state index is 0.132. The van der Waals surface area contributed by atoms with Gasteiger partial charge in [0.05, 0.1) is 33.1 Å². The lowest BCUT2D eigenvalue weighted by Crippen LogP contribution is -2.28. The van der Waals surface area contributed by atoms with Gasteiger partial charge in [-0.1, -0.05) is 12.1 Å². The third kappa shape index (κ3) is 5.90. The number of amidine groups is 1. The molecule has 0 unspecified atom stereocenters. The Bertz CT molecular complexity index is 1890. The smallest absolute Gasteiger partial charge is 0.271 e. The topological polar surface area (TPSA) is 67.9 Å². The van der Waals surface area contributed by atoms with E-state index < -0.39 is 0 Å². The molecule has 1 aliphatic rings. The maximum atomic E-state index is 13.8. The van der Waals surface area contributed by atoms with E-state index in [0.29, 0.717) is 27.5 Å². The van der Waals surface area contributed by atoms with Crippen LogP contribution in [0.4, 0.5) is 11.4 Å². The van der Waals surface area contributed by atoms with Gasteiger partial charge < -0.3 is 9.15 Å². The van der Waals surface area contributed by atoms with Gasteiger partial charge in [0.25, 0.3) is 5.91 Å². The zero-order valence-electron chi connectivity index (χ0n) is 23.9. The number of furan rings is 1. The van der Waals surface area contributed by atoms with E-state index in [1.165, 1.54) is 34.7 Å². The highest BCUT2D eigenvalue weighted by Gasteiger charge is 2.35. The van der Waals surface area contributed by atoms with Crippen LogP contribution in [-0.4, -0.2) is 22.7 Å². The molecule has 5 aromatic rings. The van der Waals surface area contributed by atoms with Crippen molar-refractivity contribution < 1.29 is 13.9 Å². The molecule has 42 heavy (non-hydrogen) atoms. The second-order valence-electron chi connectivity index (χ2n) is 9.98. The lowest BCUT2D eigenvalue weighted by Gasteiger charge is -2.17. The summed E-state index contributed by atoms with van der Waals surface area (Å²) in [6, 6.07) is 21.8. The maximum absolute atomic E-state index is 13.8. The standard InChI is InChI=1S/C33H29N3O3S3/c1-6-38-25-11-13-27-28(17-25)41-33(35-27)42-30-14-12-26(39-30)18-29-31(37)36(24-10-8-20(3)22(5)16-24)32(40-29)34-23-9-7-19(2)21(4)15-23/h7-18H,6H2,1-5H3/b29-18-,34-32?. The summed E-state index contributed by atoms with van der Waals surface area (Å²) in [5.74, 6) is 1.30. The third-order valence-electron chi connectivity index (χ3n) is 6.98. The molecule has 1 fully saturated rings. The Balaban J connectivity index is 1.28. The summed E-state index contributed by atoms with van der Waals surface area (Å²) in [5.41, 5.74) is 7.17. The molecule has 0 bridgehead atoms. The Morgan fingerprint density at radius 2 is 1.74 bits per heavy atom. The highest BCUT2D eigenvalue weighted by Crippen LogP contribution is 2.40. The van der Waals surface area contributed by atoms with Gasteiger partial charge in [0.2, 0.25) is 0 Å². The second kappa shape index (κ2) is 11.8. The Morgan fingerprint density at radius 3 is 2.50 bits per heavy atom. The summed E-state index contributed by atoms with van der Waals surface area (Å²) < 4.78 is 13.7. The largest absolute Gasteiger partial charge is 0.494 e. The van der Waals surface area contributed by atoms with Crippen molar-refractivity contribution in [1.29, 1.82) is 0 Å². The van der Waals surface area contributed by atoms with Crippen molar-refractivity contribution >= 4 is 73.6 Å². The summed E-state index contributed by atoms with van der Waals surface area (Å²) >= 11 is 4.41. The quantitative estimate of drug-likeness (QED) is 0.171. The number of aryl methyl sites for hydroxylation is 4. The van der Waals surface area contributed by atoms with E-state index >= 15 is 0 Å². The van der Waals surface area contributed by atoms with Crippen LogP contribution in [-0.2, 0) is 4.79 Å². The molecule has 0 N–H and O–H groups in total. The van der Waals surface area contributed by atoms with E-state index in [-0.39, 0.29) is 5.91 Å². The molecule has 1 amide bonds. The number of hydrogen-bond donors (Lipinski definition) is 0.